The van der Waals surface area contributed by atoms with Crippen molar-refractivity contribution in [2.45, 2.75) is 13.8 Å². The second-order valence-corrected chi connectivity index (χ2v) is 7.55. The topological polar surface area (TPSA) is 46.5 Å². The molecule has 0 unspecified atom stereocenters. The van der Waals surface area contributed by atoms with Crippen LogP contribution in [0, 0.1) is 13.8 Å². The van der Waals surface area contributed by atoms with E-state index in [-0.39, 0.29) is 0 Å². The number of nitrogens with one attached hydrogen (secondary N) is 1. The predicted molar refractivity (Wildman–Crippen MR) is 121 cm³/mol. The van der Waals surface area contributed by atoms with Gasteiger partial charge in [-0.05, 0) is 66.9 Å². The van der Waals surface area contributed by atoms with Gasteiger partial charge in [0.1, 0.15) is 11.5 Å². The number of hydrogen-bond donors (Lipinski definition) is 1. The lowest BCUT2D eigenvalue weighted by molar-refractivity contribution is 0.482. The van der Waals surface area contributed by atoms with Crippen LogP contribution in [0.4, 0.5) is 5.13 Å². The fraction of sp³-hybridized carbons (Fsp3) is 0.0833. The second-order valence-electron chi connectivity index (χ2n) is 6.69. The molecule has 4 nitrogen and oxygen atoms in total. The summed E-state index contributed by atoms with van der Waals surface area (Å²) in [6.45, 7) is 4.18. The summed E-state index contributed by atoms with van der Waals surface area (Å²) in [4.78, 5) is 4.56. The lowest BCUT2D eigenvalue weighted by Crippen LogP contribution is -1.91. The number of nitrogens with zero attached hydrogens (tertiary/aromatic N) is 2. The summed E-state index contributed by atoms with van der Waals surface area (Å²) in [6.07, 6.45) is 1.77. The van der Waals surface area contributed by atoms with Crippen molar-refractivity contribution in [2.24, 2.45) is 5.10 Å². The molecule has 0 saturated heterocycles. The van der Waals surface area contributed by atoms with Crippen molar-refractivity contribution in [3.05, 3.63) is 94.9 Å². The van der Waals surface area contributed by atoms with Gasteiger partial charge in [-0.15, -0.1) is 11.3 Å². The fourth-order valence-corrected chi connectivity index (χ4v) is 3.43. The number of hydrogen-bond acceptors (Lipinski definition) is 5. The number of aryl methyl sites for hydroxylation is 2. The molecule has 3 aromatic carbocycles. The highest BCUT2D eigenvalue weighted by Gasteiger charge is 2.03. The van der Waals surface area contributed by atoms with E-state index >= 15 is 0 Å². The van der Waals surface area contributed by atoms with Crippen LogP contribution in [0.1, 0.15) is 16.7 Å². The maximum Gasteiger partial charge on any atom is 0.203 e. The molecule has 0 amide bonds. The minimum Gasteiger partial charge on any atom is -0.457 e. The van der Waals surface area contributed by atoms with Crippen LogP contribution in [0.3, 0.4) is 0 Å². The van der Waals surface area contributed by atoms with Gasteiger partial charge in [0, 0.05) is 10.9 Å². The zero-order valence-corrected chi connectivity index (χ0v) is 17.1. The highest BCUT2D eigenvalue weighted by molar-refractivity contribution is 7.14. The van der Waals surface area contributed by atoms with Crippen LogP contribution >= 0.6 is 11.3 Å². The maximum absolute atomic E-state index is 5.92. The van der Waals surface area contributed by atoms with Crippen LogP contribution in [0.5, 0.6) is 11.5 Å². The predicted octanol–water partition coefficient (Wildman–Crippen LogP) is 6.67. The lowest BCUT2D eigenvalue weighted by Gasteiger charge is -2.08. The normalized spacial score (nSPS) is 11.0. The Kier molecular flexibility index (Phi) is 5.68. The number of hydrazone groups is 1. The van der Waals surface area contributed by atoms with Crippen molar-refractivity contribution in [2.75, 3.05) is 5.43 Å². The SMILES string of the molecule is Cc1ccc(Oc2ccc(C=NNc3nc(-c4ccccc4)cs3)cc2)cc1C. The summed E-state index contributed by atoms with van der Waals surface area (Å²) in [6, 6.07) is 24.0. The van der Waals surface area contributed by atoms with Gasteiger partial charge in [-0.1, -0.05) is 36.4 Å². The molecule has 0 atom stereocenters. The Morgan fingerprint density at radius 3 is 2.41 bits per heavy atom. The summed E-state index contributed by atoms with van der Waals surface area (Å²) in [5.74, 6) is 1.64. The van der Waals surface area contributed by atoms with Gasteiger partial charge in [0.15, 0.2) is 0 Å². The summed E-state index contributed by atoms with van der Waals surface area (Å²) in [5.41, 5.74) is 8.49. The first-order valence-electron chi connectivity index (χ1n) is 9.32. The molecule has 4 rings (SSSR count). The average molecular weight is 400 g/mol. The number of benzene rings is 3. The van der Waals surface area contributed by atoms with Crippen LogP contribution in [0.15, 0.2) is 83.3 Å². The molecule has 144 valence electrons. The van der Waals surface area contributed by atoms with E-state index in [0.717, 1.165) is 33.5 Å². The van der Waals surface area contributed by atoms with E-state index in [4.69, 9.17) is 4.74 Å². The smallest absolute Gasteiger partial charge is 0.203 e. The first-order chi connectivity index (χ1) is 14.2. The van der Waals surface area contributed by atoms with Crippen LogP contribution in [-0.4, -0.2) is 11.2 Å². The molecule has 0 fully saturated rings. The van der Waals surface area contributed by atoms with Gasteiger partial charge in [-0.3, -0.25) is 5.43 Å². The molecule has 4 aromatic rings. The Hall–Kier alpha value is -3.44. The Labute approximate surface area is 174 Å². The Balaban J connectivity index is 1.35. The molecule has 1 heterocycles. The van der Waals surface area contributed by atoms with Crippen molar-refractivity contribution in [3.63, 3.8) is 0 Å². The van der Waals surface area contributed by atoms with Crippen LogP contribution in [0.2, 0.25) is 0 Å². The Bertz CT molecular complexity index is 1120. The highest BCUT2D eigenvalue weighted by Crippen LogP contribution is 2.25. The summed E-state index contributed by atoms with van der Waals surface area (Å²) in [7, 11) is 0. The summed E-state index contributed by atoms with van der Waals surface area (Å²) in [5, 5.41) is 7.06. The molecule has 0 aliphatic carbocycles. The van der Waals surface area contributed by atoms with E-state index in [1.807, 2.05) is 72.1 Å². The monoisotopic (exact) mass is 399 g/mol. The van der Waals surface area contributed by atoms with Crippen LogP contribution in [-0.2, 0) is 0 Å². The number of aromatic nitrogens is 1. The minimum atomic E-state index is 0.759. The molecule has 0 spiro atoms. The second kappa shape index (κ2) is 8.71. The van der Waals surface area contributed by atoms with Gasteiger partial charge in [0.25, 0.3) is 0 Å². The molecule has 0 radical (unpaired) electrons. The third-order valence-electron chi connectivity index (χ3n) is 4.54. The number of anilines is 1. The van der Waals surface area contributed by atoms with Gasteiger partial charge in [-0.2, -0.15) is 5.10 Å². The van der Waals surface area contributed by atoms with Crippen molar-refractivity contribution >= 4 is 22.7 Å². The Morgan fingerprint density at radius 1 is 0.897 bits per heavy atom. The Morgan fingerprint density at radius 2 is 1.66 bits per heavy atom. The molecule has 0 saturated carbocycles. The van der Waals surface area contributed by atoms with E-state index in [0.29, 0.717) is 0 Å². The minimum absolute atomic E-state index is 0.759. The quantitative estimate of drug-likeness (QED) is 0.291. The number of ether oxygens (including phenoxy) is 1. The van der Waals surface area contributed by atoms with E-state index in [9.17, 15) is 0 Å². The van der Waals surface area contributed by atoms with Crippen molar-refractivity contribution in [1.82, 2.24) is 4.98 Å². The van der Waals surface area contributed by atoms with Gasteiger partial charge in [0.2, 0.25) is 5.13 Å². The summed E-state index contributed by atoms with van der Waals surface area (Å²) < 4.78 is 5.92. The van der Waals surface area contributed by atoms with Gasteiger partial charge in [0.05, 0.1) is 11.9 Å². The first kappa shape index (κ1) is 18.9. The molecule has 1 aromatic heterocycles. The summed E-state index contributed by atoms with van der Waals surface area (Å²) >= 11 is 1.53. The molecule has 0 aliphatic rings. The molecular formula is C24H21N3OS. The van der Waals surface area contributed by atoms with Crippen molar-refractivity contribution in [3.8, 4) is 22.8 Å². The van der Waals surface area contributed by atoms with Crippen LogP contribution in [0.25, 0.3) is 11.3 Å². The molecule has 29 heavy (non-hydrogen) atoms. The zero-order chi connectivity index (χ0) is 20.1. The number of rotatable bonds is 6. The van der Waals surface area contributed by atoms with Crippen molar-refractivity contribution < 1.29 is 4.74 Å². The van der Waals surface area contributed by atoms with Gasteiger partial charge in [-0.25, -0.2) is 4.98 Å². The molecule has 1 N–H and O–H groups in total. The molecule has 0 aliphatic heterocycles. The standard InChI is InChI=1S/C24H21N3OS/c1-17-8-11-22(14-18(17)2)28-21-12-9-19(10-13-21)15-25-27-24-26-23(16-29-24)20-6-4-3-5-7-20/h3-16H,1-2H3,(H,26,27). The van der Waals surface area contributed by atoms with Gasteiger partial charge >= 0.3 is 0 Å². The largest absolute Gasteiger partial charge is 0.457 e. The lowest BCUT2D eigenvalue weighted by atomic mass is 10.1. The maximum atomic E-state index is 5.92. The third-order valence-corrected chi connectivity index (χ3v) is 5.29. The van der Waals surface area contributed by atoms with E-state index < -0.39 is 0 Å². The fourth-order valence-electron chi connectivity index (χ4n) is 2.76. The molecule has 0 bridgehead atoms. The third kappa shape index (κ3) is 4.89. The number of thiazole rings is 1. The van der Waals surface area contributed by atoms with Crippen LogP contribution < -0.4 is 10.2 Å². The van der Waals surface area contributed by atoms with Gasteiger partial charge < -0.3 is 4.74 Å². The molecule has 5 heteroatoms. The molecular weight excluding hydrogens is 378 g/mol. The average Bonchev–Trinajstić information content (AvgIpc) is 3.22. The first-order valence-corrected chi connectivity index (χ1v) is 10.2. The van der Waals surface area contributed by atoms with E-state index in [1.165, 1.54) is 22.5 Å². The highest BCUT2D eigenvalue weighted by atomic mass is 32.1. The zero-order valence-electron chi connectivity index (χ0n) is 16.3. The van der Waals surface area contributed by atoms with E-state index in [2.05, 4.69) is 35.4 Å². The van der Waals surface area contributed by atoms with E-state index in [1.54, 1.807) is 6.21 Å². The van der Waals surface area contributed by atoms with Crippen molar-refractivity contribution in [1.29, 1.82) is 0 Å².